The smallest absolute Gasteiger partial charge is 0.343 e. The van der Waals surface area contributed by atoms with E-state index >= 15 is 0 Å². The van der Waals surface area contributed by atoms with Crippen LogP contribution >= 0.6 is 0 Å². The SMILES string of the molecule is C=CCCCCCOc1ccc(C(=O)Oc2ccc(OCCCCCCCCC)cc2)cc1. The second-order valence-corrected chi connectivity index (χ2v) is 8.34. The topological polar surface area (TPSA) is 44.8 Å². The minimum atomic E-state index is -0.386. The maximum atomic E-state index is 12.4. The number of hydrogen-bond acceptors (Lipinski definition) is 4. The highest BCUT2D eigenvalue weighted by atomic mass is 16.5. The Kier molecular flexibility index (Phi) is 13.5. The summed E-state index contributed by atoms with van der Waals surface area (Å²) < 4.78 is 17.0. The Morgan fingerprint density at radius 3 is 1.76 bits per heavy atom. The molecule has 0 unspecified atom stereocenters. The van der Waals surface area contributed by atoms with Gasteiger partial charge in [-0.1, -0.05) is 51.5 Å². The summed E-state index contributed by atoms with van der Waals surface area (Å²) in [6, 6.07) is 14.3. The Bertz CT molecular complexity index is 780. The van der Waals surface area contributed by atoms with Crippen LogP contribution in [0, 0.1) is 0 Å². The molecule has 0 bridgehead atoms. The van der Waals surface area contributed by atoms with Gasteiger partial charge < -0.3 is 14.2 Å². The van der Waals surface area contributed by atoms with E-state index in [-0.39, 0.29) is 5.97 Å². The normalized spacial score (nSPS) is 10.6. The maximum absolute atomic E-state index is 12.4. The van der Waals surface area contributed by atoms with E-state index in [1.807, 2.05) is 18.2 Å². The van der Waals surface area contributed by atoms with Gasteiger partial charge in [0.05, 0.1) is 18.8 Å². The summed E-state index contributed by atoms with van der Waals surface area (Å²) in [7, 11) is 0. The Hall–Kier alpha value is -2.75. The van der Waals surface area contributed by atoms with Crippen LogP contribution in [0.3, 0.4) is 0 Å². The lowest BCUT2D eigenvalue weighted by Gasteiger charge is -2.09. The van der Waals surface area contributed by atoms with Crippen molar-refractivity contribution in [3.05, 3.63) is 66.7 Å². The molecule has 2 rings (SSSR count). The highest BCUT2D eigenvalue weighted by Gasteiger charge is 2.09. The highest BCUT2D eigenvalue weighted by molar-refractivity contribution is 5.91. The van der Waals surface area contributed by atoms with E-state index in [0.29, 0.717) is 17.9 Å². The van der Waals surface area contributed by atoms with Crippen molar-refractivity contribution in [1.29, 1.82) is 0 Å². The second-order valence-electron chi connectivity index (χ2n) is 8.34. The molecular formula is C29H40O4. The Morgan fingerprint density at radius 1 is 0.697 bits per heavy atom. The van der Waals surface area contributed by atoms with E-state index in [2.05, 4.69) is 13.5 Å². The fraction of sp³-hybridized carbons (Fsp3) is 0.483. The van der Waals surface area contributed by atoms with Gasteiger partial charge in [0.1, 0.15) is 17.2 Å². The molecule has 0 atom stereocenters. The van der Waals surface area contributed by atoms with Crippen LogP contribution in [0.4, 0.5) is 0 Å². The number of unbranched alkanes of at least 4 members (excludes halogenated alkanes) is 9. The van der Waals surface area contributed by atoms with Gasteiger partial charge in [0.2, 0.25) is 0 Å². The van der Waals surface area contributed by atoms with Gasteiger partial charge in [0, 0.05) is 0 Å². The van der Waals surface area contributed by atoms with Crippen LogP contribution in [0.5, 0.6) is 17.2 Å². The molecule has 180 valence electrons. The van der Waals surface area contributed by atoms with Crippen LogP contribution in [0.15, 0.2) is 61.2 Å². The molecule has 0 spiro atoms. The van der Waals surface area contributed by atoms with Crippen LogP contribution in [-0.4, -0.2) is 19.2 Å². The monoisotopic (exact) mass is 452 g/mol. The van der Waals surface area contributed by atoms with Crippen molar-refractivity contribution < 1.29 is 19.0 Å². The first-order valence-electron chi connectivity index (χ1n) is 12.5. The molecular weight excluding hydrogens is 412 g/mol. The zero-order chi connectivity index (χ0) is 23.6. The van der Waals surface area contributed by atoms with Gasteiger partial charge in [0.25, 0.3) is 0 Å². The number of hydrogen-bond donors (Lipinski definition) is 0. The van der Waals surface area contributed by atoms with Gasteiger partial charge in [-0.25, -0.2) is 4.79 Å². The van der Waals surface area contributed by atoms with Crippen molar-refractivity contribution in [2.75, 3.05) is 13.2 Å². The van der Waals surface area contributed by atoms with Gasteiger partial charge in [-0.3, -0.25) is 0 Å². The molecule has 4 nitrogen and oxygen atoms in total. The molecule has 0 heterocycles. The van der Waals surface area contributed by atoms with Crippen molar-refractivity contribution >= 4 is 5.97 Å². The summed E-state index contributed by atoms with van der Waals surface area (Å²) in [5, 5.41) is 0. The number of carbonyl (C=O) groups excluding carboxylic acids is 1. The zero-order valence-electron chi connectivity index (χ0n) is 20.2. The number of esters is 1. The van der Waals surface area contributed by atoms with Crippen molar-refractivity contribution in [3.8, 4) is 17.2 Å². The largest absolute Gasteiger partial charge is 0.494 e. The van der Waals surface area contributed by atoms with Gasteiger partial charge >= 0.3 is 5.97 Å². The fourth-order valence-electron chi connectivity index (χ4n) is 3.46. The highest BCUT2D eigenvalue weighted by Crippen LogP contribution is 2.20. The number of rotatable bonds is 18. The predicted octanol–water partition coefficient (Wildman–Crippen LogP) is 8.16. The van der Waals surface area contributed by atoms with E-state index in [1.54, 1.807) is 36.4 Å². The standard InChI is InChI=1S/C29H40O4/c1-3-5-7-9-10-12-14-24-32-27-19-21-28(22-20-27)33-29(30)25-15-17-26(18-16-25)31-23-13-11-8-6-4-2/h4,15-22H,2-3,5-14,23-24H2,1H3. The first kappa shape index (κ1) is 26.5. The first-order valence-corrected chi connectivity index (χ1v) is 12.5. The molecule has 0 amide bonds. The number of ether oxygens (including phenoxy) is 3. The molecule has 0 N–H and O–H groups in total. The zero-order valence-corrected chi connectivity index (χ0v) is 20.2. The third-order valence-electron chi connectivity index (χ3n) is 5.46. The maximum Gasteiger partial charge on any atom is 0.343 e. The molecule has 0 saturated heterocycles. The molecule has 2 aromatic carbocycles. The quantitative estimate of drug-likeness (QED) is 0.0990. The summed E-state index contributed by atoms with van der Waals surface area (Å²) in [5.41, 5.74) is 0.493. The fourth-order valence-corrected chi connectivity index (χ4v) is 3.46. The molecule has 0 aliphatic rings. The minimum absolute atomic E-state index is 0.386. The van der Waals surface area contributed by atoms with Crippen LogP contribution in [0.1, 0.15) is 87.9 Å². The molecule has 0 aliphatic heterocycles. The molecule has 0 aliphatic carbocycles. The minimum Gasteiger partial charge on any atom is -0.494 e. The van der Waals surface area contributed by atoms with E-state index in [4.69, 9.17) is 14.2 Å². The molecule has 0 aromatic heterocycles. The summed E-state index contributed by atoms with van der Waals surface area (Å²) >= 11 is 0. The molecule has 2 aromatic rings. The number of allylic oxidation sites excluding steroid dienone is 1. The van der Waals surface area contributed by atoms with Crippen LogP contribution in [-0.2, 0) is 0 Å². The van der Waals surface area contributed by atoms with Crippen LogP contribution < -0.4 is 14.2 Å². The summed E-state index contributed by atoms with van der Waals surface area (Å²) in [6.45, 7) is 7.36. The molecule has 0 radical (unpaired) electrons. The summed E-state index contributed by atoms with van der Waals surface area (Å²) in [4.78, 5) is 12.4. The van der Waals surface area contributed by atoms with Crippen molar-refractivity contribution in [1.82, 2.24) is 0 Å². The van der Waals surface area contributed by atoms with E-state index in [1.165, 1.54) is 38.5 Å². The lowest BCUT2D eigenvalue weighted by atomic mass is 10.1. The van der Waals surface area contributed by atoms with Crippen molar-refractivity contribution in [2.45, 2.75) is 77.6 Å². The third kappa shape index (κ3) is 11.6. The van der Waals surface area contributed by atoms with Gasteiger partial charge in [-0.2, -0.15) is 0 Å². The molecule has 0 saturated carbocycles. The Labute approximate surface area is 200 Å². The molecule has 4 heteroatoms. The van der Waals surface area contributed by atoms with Crippen molar-refractivity contribution in [2.24, 2.45) is 0 Å². The Balaban J connectivity index is 1.65. The predicted molar refractivity (Wildman–Crippen MR) is 135 cm³/mol. The lowest BCUT2D eigenvalue weighted by Crippen LogP contribution is -2.08. The Morgan fingerprint density at radius 2 is 1.18 bits per heavy atom. The van der Waals surface area contributed by atoms with Gasteiger partial charge in [-0.15, -0.1) is 6.58 Å². The average Bonchev–Trinajstić information content (AvgIpc) is 2.84. The third-order valence-corrected chi connectivity index (χ3v) is 5.46. The van der Waals surface area contributed by atoms with E-state index in [9.17, 15) is 4.79 Å². The van der Waals surface area contributed by atoms with E-state index < -0.39 is 0 Å². The number of carbonyl (C=O) groups is 1. The van der Waals surface area contributed by atoms with Crippen molar-refractivity contribution in [3.63, 3.8) is 0 Å². The summed E-state index contributed by atoms with van der Waals surface area (Å²) in [6.07, 6.45) is 15.1. The second kappa shape index (κ2) is 16.8. The van der Waals surface area contributed by atoms with Gasteiger partial charge in [0.15, 0.2) is 0 Å². The molecule has 33 heavy (non-hydrogen) atoms. The molecule has 0 fully saturated rings. The van der Waals surface area contributed by atoms with Crippen LogP contribution in [0.25, 0.3) is 0 Å². The summed E-state index contributed by atoms with van der Waals surface area (Å²) in [5.74, 6) is 1.68. The number of benzene rings is 2. The lowest BCUT2D eigenvalue weighted by molar-refractivity contribution is 0.0734. The van der Waals surface area contributed by atoms with Crippen LogP contribution in [0.2, 0.25) is 0 Å². The van der Waals surface area contributed by atoms with E-state index in [0.717, 1.165) is 50.2 Å². The average molecular weight is 453 g/mol. The van der Waals surface area contributed by atoms with Gasteiger partial charge in [-0.05, 0) is 80.6 Å². The first-order chi connectivity index (χ1) is 16.2.